The summed E-state index contributed by atoms with van der Waals surface area (Å²) < 4.78 is 26.1. The number of hydrogen-bond acceptors (Lipinski definition) is 3. The zero-order chi connectivity index (χ0) is 16.2. The van der Waals surface area contributed by atoms with Gasteiger partial charge in [-0.15, -0.1) is 0 Å². The maximum atomic E-state index is 13.4. The average molecular weight is 300 g/mol. The van der Waals surface area contributed by atoms with Crippen LogP contribution in [0.4, 0.5) is 8.78 Å². The van der Waals surface area contributed by atoms with E-state index in [1.165, 1.54) is 11.9 Å². The van der Waals surface area contributed by atoms with Gasteiger partial charge in [-0.05, 0) is 26.0 Å². The molecule has 0 aliphatic heterocycles. The van der Waals surface area contributed by atoms with Gasteiger partial charge in [-0.2, -0.15) is 0 Å². The summed E-state index contributed by atoms with van der Waals surface area (Å²) in [5, 5.41) is 11.8. The van der Waals surface area contributed by atoms with Crippen LogP contribution in [0.3, 0.4) is 0 Å². The molecule has 0 fully saturated rings. The Morgan fingerprint density at radius 3 is 2.48 bits per heavy atom. The Morgan fingerprint density at radius 1 is 1.33 bits per heavy atom. The maximum Gasteiger partial charge on any atom is 0.254 e. The van der Waals surface area contributed by atoms with E-state index in [1.54, 1.807) is 13.8 Å². The van der Waals surface area contributed by atoms with Crippen molar-refractivity contribution in [1.29, 1.82) is 0 Å². The second-order valence-electron chi connectivity index (χ2n) is 5.37. The van der Waals surface area contributed by atoms with Gasteiger partial charge in [0.15, 0.2) is 0 Å². The van der Waals surface area contributed by atoms with Gasteiger partial charge in [0.05, 0.1) is 17.7 Å². The molecule has 2 amide bonds. The number of likely N-dealkylation sites (N-methyl/N-ethyl adjacent to an activating group) is 1. The summed E-state index contributed by atoms with van der Waals surface area (Å²) in [4.78, 5) is 24.7. The molecule has 5 nitrogen and oxygen atoms in total. The van der Waals surface area contributed by atoms with E-state index in [9.17, 15) is 23.5 Å². The number of carbonyl (C=O) groups is 2. The second-order valence-corrected chi connectivity index (χ2v) is 5.37. The molecule has 2 N–H and O–H groups in total. The van der Waals surface area contributed by atoms with Gasteiger partial charge in [0.1, 0.15) is 11.6 Å². The van der Waals surface area contributed by atoms with Crippen molar-refractivity contribution in [2.75, 3.05) is 20.1 Å². The normalized spacial score (nSPS) is 11.1. The van der Waals surface area contributed by atoms with E-state index in [4.69, 9.17) is 0 Å². The lowest BCUT2D eigenvalue weighted by Gasteiger charge is -2.25. The van der Waals surface area contributed by atoms with Gasteiger partial charge in [-0.25, -0.2) is 8.78 Å². The van der Waals surface area contributed by atoms with Crippen LogP contribution < -0.4 is 5.32 Å². The summed E-state index contributed by atoms with van der Waals surface area (Å²) >= 11 is 0. The SMILES string of the molecule is CN(CC(C)(C)O)C(=O)CNC(=O)c1ccc(F)cc1F. The van der Waals surface area contributed by atoms with Crippen molar-refractivity contribution in [3.63, 3.8) is 0 Å². The zero-order valence-corrected chi connectivity index (χ0v) is 12.1. The van der Waals surface area contributed by atoms with Gasteiger partial charge in [-0.1, -0.05) is 0 Å². The molecule has 21 heavy (non-hydrogen) atoms. The first-order valence-corrected chi connectivity index (χ1v) is 6.30. The molecule has 0 atom stereocenters. The van der Waals surface area contributed by atoms with E-state index in [0.29, 0.717) is 6.07 Å². The molecule has 1 aromatic carbocycles. The fourth-order valence-corrected chi connectivity index (χ4v) is 1.73. The van der Waals surface area contributed by atoms with Crippen LogP contribution in [0.5, 0.6) is 0 Å². The van der Waals surface area contributed by atoms with E-state index < -0.39 is 29.0 Å². The zero-order valence-electron chi connectivity index (χ0n) is 12.1. The lowest BCUT2D eigenvalue weighted by atomic mass is 10.1. The summed E-state index contributed by atoms with van der Waals surface area (Å²) in [6.45, 7) is 2.83. The molecule has 0 aliphatic rings. The van der Waals surface area contributed by atoms with Crippen molar-refractivity contribution >= 4 is 11.8 Å². The number of rotatable bonds is 5. The summed E-state index contributed by atoms with van der Waals surface area (Å²) in [6.07, 6.45) is 0. The number of nitrogens with one attached hydrogen (secondary N) is 1. The van der Waals surface area contributed by atoms with Gasteiger partial charge in [0.25, 0.3) is 5.91 Å². The topological polar surface area (TPSA) is 69.6 Å². The predicted octanol–water partition coefficient (Wildman–Crippen LogP) is 0.924. The molecule has 0 bridgehead atoms. The van der Waals surface area contributed by atoms with Crippen molar-refractivity contribution in [3.8, 4) is 0 Å². The monoisotopic (exact) mass is 300 g/mol. The van der Waals surface area contributed by atoms with Crippen molar-refractivity contribution in [2.45, 2.75) is 19.4 Å². The first-order valence-electron chi connectivity index (χ1n) is 6.30. The van der Waals surface area contributed by atoms with Crippen LogP contribution in [-0.4, -0.2) is 47.6 Å². The Kier molecular flexibility index (Phi) is 5.37. The second kappa shape index (κ2) is 6.62. The van der Waals surface area contributed by atoms with E-state index in [-0.39, 0.29) is 18.7 Å². The van der Waals surface area contributed by atoms with Crippen LogP contribution in [0.25, 0.3) is 0 Å². The molecule has 0 saturated heterocycles. The maximum absolute atomic E-state index is 13.4. The van der Waals surface area contributed by atoms with Crippen LogP contribution in [-0.2, 0) is 4.79 Å². The standard InChI is InChI=1S/C14H18F2N2O3/c1-14(2,21)8-18(3)12(19)7-17-13(20)10-5-4-9(15)6-11(10)16/h4-6,21H,7-8H2,1-3H3,(H,17,20). The predicted molar refractivity (Wildman–Crippen MR) is 72.6 cm³/mol. The molecule has 1 rings (SSSR count). The number of aliphatic hydroxyl groups is 1. The number of nitrogens with zero attached hydrogens (tertiary/aromatic N) is 1. The molecular formula is C14H18F2N2O3. The molecule has 0 radical (unpaired) electrons. The van der Waals surface area contributed by atoms with Crippen LogP contribution >= 0.6 is 0 Å². The highest BCUT2D eigenvalue weighted by molar-refractivity contribution is 5.96. The molecular weight excluding hydrogens is 282 g/mol. The van der Waals surface area contributed by atoms with Gasteiger partial charge >= 0.3 is 0 Å². The van der Waals surface area contributed by atoms with Crippen LogP contribution in [0.15, 0.2) is 18.2 Å². The van der Waals surface area contributed by atoms with E-state index in [1.807, 2.05) is 0 Å². The summed E-state index contributed by atoms with van der Waals surface area (Å²) in [6, 6.07) is 2.56. The van der Waals surface area contributed by atoms with Crippen LogP contribution in [0, 0.1) is 11.6 Å². The first kappa shape index (κ1) is 17.0. The molecule has 116 valence electrons. The smallest absolute Gasteiger partial charge is 0.254 e. The molecule has 0 spiro atoms. The molecule has 0 saturated carbocycles. The van der Waals surface area contributed by atoms with Gasteiger partial charge in [0.2, 0.25) is 5.91 Å². The highest BCUT2D eigenvalue weighted by atomic mass is 19.1. The number of amides is 2. The third kappa shape index (κ3) is 5.47. The Bertz CT molecular complexity index is 542. The fraction of sp³-hybridized carbons (Fsp3) is 0.429. The highest BCUT2D eigenvalue weighted by Gasteiger charge is 2.20. The Hall–Kier alpha value is -2.02. The van der Waals surface area contributed by atoms with E-state index >= 15 is 0 Å². The van der Waals surface area contributed by atoms with Crippen LogP contribution in [0.2, 0.25) is 0 Å². The third-order valence-corrected chi connectivity index (χ3v) is 2.63. The number of carbonyl (C=O) groups excluding carboxylic acids is 2. The molecule has 0 unspecified atom stereocenters. The lowest BCUT2D eigenvalue weighted by Crippen LogP contribution is -2.44. The van der Waals surface area contributed by atoms with Gasteiger partial charge < -0.3 is 15.3 Å². The number of halogens is 2. The van der Waals surface area contributed by atoms with E-state index in [0.717, 1.165) is 12.1 Å². The van der Waals surface area contributed by atoms with Crippen LogP contribution in [0.1, 0.15) is 24.2 Å². The first-order chi connectivity index (χ1) is 9.60. The minimum absolute atomic E-state index is 0.0899. The Labute approximate surface area is 121 Å². The molecule has 1 aromatic rings. The third-order valence-electron chi connectivity index (χ3n) is 2.63. The molecule has 0 aromatic heterocycles. The van der Waals surface area contributed by atoms with Gasteiger partial charge in [0, 0.05) is 19.7 Å². The van der Waals surface area contributed by atoms with Crippen molar-refractivity contribution in [1.82, 2.24) is 10.2 Å². The summed E-state index contributed by atoms with van der Waals surface area (Å²) in [7, 11) is 1.48. The lowest BCUT2D eigenvalue weighted by molar-refractivity contribution is -0.131. The van der Waals surface area contributed by atoms with Crippen molar-refractivity contribution in [3.05, 3.63) is 35.4 Å². The van der Waals surface area contributed by atoms with Gasteiger partial charge in [-0.3, -0.25) is 9.59 Å². The summed E-state index contributed by atoms with van der Waals surface area (Å²) in [5.74, 6) is -3.03. The molecule has 0 aliphatic carbocycles. The minimum atomic E-state index is -1.06. The average Bonchev–Trinajstić information content (AvgIpc) is 2.33. The molecule has 0 heterocycles. The minimum Gasteiger partial charge on any atom is -0.389 e. The fourth-order valence-electron chi connectivity index (χ4n) is 1.73. The largest absolute Gasteiger partial charge is 0.389 e. The Morgan fingerprint density at radius 2 is 1.95 bits per heavy atom. The highest BCUT2D eigenvalue weighted by Crippen LogP contribution is 2.09. The number of hydrogen-bond donors (Lipinski definition) is 2. The quantitative estimate of drug-likeness (QED) is 0.850. The number of benzene rings is 1. The van der Waals surface area contributed by atoms with Crippen molar-refractivity contribution in [2.24, 2.45) is 0 Å². The summed E-state index contributed by atoms with van der Waals surface area (Å²) in [5.41, 5.74) is -1.40. The van der Waals surface area contributed by atoms with Crippen molar-refractivity contribution < 1.29 is 23.5 Å². The Balaban J connectivity index is 2.58. The molecule has 7 heteroatoms. The van der Waals surface area contributed by atoms with E-state index in [2.05, 4.69) is 5.32 Å².